The Morgan fingerprint density at radius 1 is 0.947 bits per heavy atom. The van der Waals surface area contributed by atoms with Crippen LogP contribution in [0.3, 0.4) is 0 Å². The third-order valence-corrected chi connectivity index (χ3v) is 5.31. The van der Waals surface area contributed by atoms with E-state index in [-0.39, 0.29) is 22.5 Å². The van der Waals surface area contributed by atoms with E-state index < -0.39 is 29.5 Å². The molecular formula is C28H30N4O6. The summed E-state index contributed by atoms with van der Waals surface area (Å²) in [6, 6.07) is 15.8. The van der Waals surface area contributed by atoms with Gasteiger partial charge in [-0.25, -0.2) is 9.59 Å². The van der Waals surface area contributed by atoms with Gasteiger partial charge in [0.2, 0.25) is 0 Å². The molecule has 2 aromatic carbocycles. The van der Waals surface area contributed by atoms with Crippen LogP contribution in [-0.4, -0.2) is 58.1 Å². The topological polar surface area (TPSA) is 138 Å². The standard InChI is InChI=1S/C28H30N4O6/c1-28(2,3)38-27(37)32(4)16-14-18-8-11-20(12-9-18)30-24(33)21-13-10-19(26(35)36)17-23(21)31-25(34)22-7-5-6-15-29-22/h5-13,15,17H,14,16H2,1-4H3,(H,30,33)(H,31,34)(H,35,36). The van der Waals surface area contributed by atoms with Crippen LogP contribution in [0.15, 0.2) is 66.9 Å². The van der Waals surface area contributed by atoms with Crippen LogP contribution in [0.5, 0.6) is 0 Å². The van der Waals surface area contributed by atoms with Crippen molar-refractivity contribution < 1.29 is 29.0 Å². The summed E-state index contributed by atoms with van der Waals surface area (Å²) in [6.45, 7) is 5.88. The van der Waals surface area contributed by atoms with Gasteiger partial charge in [0.15, 0.2) is 0 Å². The number of carboxylic acids is 1. The highest BCUT2D eigenvalue weighted by Crippen LogP contribution is 2.21. The molecule has 0 bridgehead atoms. The summed E-state index contributed by atoms with van der Waals surface area (Å²) in [5, 5.41) is 14.7. The van der Waals surface area contributed by atoms with Gasteiger partial charge < -0.3 is 25.4 Å². The third-order valence-electron chi connectivity index (χ3n) is 5.31. The molecule has 1 heterocycles. The van der Waals surface area contributed by atoms with Crippen LogP contribution in [-0.2, 0) is 11.2 Å². The van der Waals surface area contributed by atoms with Crippen molar-refractivity contribution in [2.45, 2.75) is 32.8 Å². The Kier molecular flexibility index (Phi) is 8.80. The summed E-state index contributed by atoms with van der Waals surface area (Å²) in [5.74, 6) is -2.31. The SMILES string of the molecule is CN(CCc1ccc(NC(=O)c2ccc(C(=O)O)cc2NC(=O)c2ccccn2)cc1)C(=O)OC(C)(C)C. The van der Waals surface area contributed by atoms with Crippen molar-refractivity contribution in [3.05, 3.63) is 89.2 Å². The van der Waals surface area contributed by atoms with Crippen LogP contribution in [0.4, 0.5) is 16.2 Å². The van der Waals surface area contributed by atoms with E-state index >= 15 is 0 Å². The van der Waals surface area contributed by atoms with Gasteiger partial charge in [-0.3, -0.25) is 14.6 Å². The van der Waals surface area contributed by atoms with E-state index in [1.807, 2.05) is 32.9 Å². The van der Waals surface area contributed by atoms with E-state index in [1.54, 1.807) is 31.3 Å². The van der Waals surface area contributed by atoms with Crippen molar-refractivity contribution in [3.8, 4) is 0 Å². The van der Waals surface area contributed by atoms with Crippen LogP contribution in [0.25, 0.3) is 0 Å². The molecule has 38 heavy (non-hydrogen) atoms. The molecule has 0 aliphatic heterocycles. The highest BCUT2D eigenvalue weighted by atomic mass is 16.6. The number of aromatic nitrogens is 1. The number of carbonyl (C=O) groups excluding carboxylic acids is 3. The van der Waals surface area contributed by atoms with Gasteiger partial charge >= 0.3 is 12.1 Å². The number of rotatable bonds is 8. The van der Waals surface area contributed by atoms with E-state index in [4.69, 9.17) is 4.74 Å². The number of pyridine rings is 1. The fraction of sp³-hybridized carbons (Fsp3) is 0.250. The molecule has 0 radical (unpaired) electrons. The number of benzene rings is 2. The van der Waals surface area contributed by atoms with Gasteiger partial charge in [-0.1, -0.05) is 18.2 Å². The Labute approximate surface area is 220 Å². The summed E-state index contributed by atoms with van der Waals surface area (Å²) in [4.78, 5) is 54.7. The molecule has 3 N–H and O–H groups in total. The van der Waals surface area contributed by atoms with Gasteiger partial charge in [0.1, 0.15) is 11.3 Å². The predicted molar refractivity (Wildman–Crippen MR) is 143 cm³/mol. The maximum Gasteiger partial charge on any atom is 0.410 e. The molecule has 0 saturated heterocycles. The molecule has 0 aliphatic carbocycles. The first-order chi connectivity index (χ1) is 17.9. The van der Waals surface area contributed by atoms with E-state index in [9.17, 15) is 24.3 Å². The monoisotopic (exact) mass is 518 g/mol. The van der Waals surface area contributed by atoms with Crippen molar-refractivity contribution in [2.75, 3.05) is 24.2 Å². The summed E-state index contributed by atoms with van der Waals surface area (Å²) < 4.78 is 5.35. The summed E-state index contributed by atoms with van der Waals surface area (Å²) in [7, 11) is 1.67. The zero-order valence-corrected chi connectivity index (χ0v) is 21.6. The minimum atomic E-state index is -1.20. The average molecular weight is 519 g/mol. The molecule has 1 aromatic heterocycles. The van der Waals surface area contributed by atoms with Gasteiger partial charge in [0.25, 0.3) is 11.8 Å². The first-order valence-electron chi connectivity index (χ1n) is 11.9. The number of ether oxygens (including phenoxy) is 1. The van der Waals surface area contributed by atoms with Gasteiger partial charge in [-0.05, 0) is 75.2 Å². The number of hydrogen-bond acceptors (Lipinski definition) is 6. The number of nitrogens with zero attached hydrogens (tertiary/aromatic N) is 2. The first kappa shape index (κ1) is 27.9. The lowest BCUT2D eigenvalue weighted by Gasteiger charge is -2.24. The Morgan fingerprint density at radius 2 is 1.66 bits per heavy atom. The highest BCUT2D eigenvalue weighted by Gasteiger charge is 2.20. The number of anilines is 2. The third kappa shape index (κ3) is 7.89. The zero-order valence-electron chi connectivity index (χ0n) is 21.6. The average Bonchev–Trinajstić information content (AvgIpc) is 2.87. The molecule has 3 rings (SSSR count). The number of carbonyl (C=O) groups is 4. The number of hydrogen-bond donors (Lipinski definition) is 3. The largest absolute Gasteiger partial charge is 0.478 e. The van der Waals surface area contributed by atoms with Crippen molar-refractivity contribution >= 4 is 35.3 Å². The number of carboxylic acid groups (broad SMARTS) is 1. The molecule has 3 aromatic rings. The molecule has 10 nitrogen and oxygen atoms in total. The quantitative estimate of drug-likeness (QED) is 0.393. The summed E-state index contributed by atoms with van der Waals surface area (Å²) >= 11 is 0. The van der Waals surface area contributed by atoms with E-state index in [0.29, 0.717) is 18.7 Å². The Balaban J connectivity index is 1.68. The minimum absolute atomic E-state index is 0.0415. The maximum absolute atomic E-state index is 13.0. The van der Waals surface area contributed by atoms with E-state index in [2.05, 4.69) is 15.6 Å². The van der Waals surface area contributed by atoms with Crippen LogP contribution in [0.1, 0.15) is 57.5 Å². The molecule has 10 heteroatoms. The van der Waals surface area contributed by atoms with Crippen molar-refractivity contribution in [2.24, 2.45) is 0 Å². The maximum atomic E-state index is 13.0. The fourth-order valence-corrected chi connectivity index (χ4v) is 3.34. The molecule has 0 spiro atoms. The van der Waals surface area contributed by atoms with Crippen LogP contribution >= 0.6 is 0 Å². The van der Waals surface area contributed by atoms with Crippen molar-refractivity contribution in [1.29, 1.82) is 0 Å². The summed E-state index contributed by atoms with van der Waals surface area (Å²) in [5.41, 5.74) is 1.05. The van der Waals surface area contributed by atoms with Crippen LogP contribution in [0.2, 0.25) is 0 Å². The van der Waals surface area contributed by atoms with Gasteiger partial charge in [0.05, 0.1) is 16.8 Å². The molecule has 0 fully saturated rings. The Bertz CT molecular complexity index is 1320. The minimum Gasteiger partial charge on any atom is -0.478 e. The second-order valence-corrected chi connectivity index (χ2v) is 9.54. The first-order valence-corrected chi connectivity index (χ1v) is 11.9. The predicted octanol–water partition coefficient (Wildman–Crippen LogP) is 4.69. The van der Waals surface area contributed by atoms with Crippen molar-refractivity contribution in [1.82, 2.24) is 9.88 Å². The normalized spacial score (nSPS) is 10.8. The molecule has 198 valence electrons. The van der Waals surface area contributed by atoms with Gasteiger partial charge in [-0.15, -0.1) is 0 Å². The highest BCUT2D eigenvalue weighted by molar-refractivity contribution is 6.12. The number of nitrogens with one attached hydrogen (secondary N) is 2. The number of aromatic carboxylic acids is 1. The Morgan fingerprint density at radius 3 is 2.26 bits per heavy atom. The fourth-order valence-electron chi connectivity index (χ4n) is 3.34. The van der Waals surface area contributed by atoms with Gasteiger partial charge in [-0.2, -0.15) is 0 Å². The molecule has 0 aliphatic rings. The lowest BCUT2D eigenvalue weighted by molar-refractivity contribution is 0.0300. The zero-order chi connectivity index (χ0) is 27.9. The smallest absolute Gasteiger partial charge is 0.410 e. The van der Waals surface area contributed by atoms with Crippen LogP contribution < -0.4 is 10.6 Å². The number of amides is 3. The summed E-state index contributed by atoms with van der Waals surface area (Å²) in [6.07, 6.45) is 1.64. The second-order valence-electron chi connectivity index (χ2n) is 9.54. The molecule has 3 amide bonds. The lowest BCUT2D eigenvalue weighted by atomic mass is 10.1. The molecule has 0 atom stereocenters. The van der Waals surface area contributed by atoms with Gasteiger partial charge in [0, 0.05) is 25.5 Å². The number of likely N-dealkylation sites (N-methyl/N-ethyl adjacent to an activating group) is 1. The van der Waals surface area contributed by atoms with E-state index in [1.165, 1.54) is 35.4 Å². The molecular weight excluding hydrogens is 488 g/mol. The molecule has 0 saturated carbocycles. The van der Waals surface area contributed by atoms with Crippen LogP contribution in [0, 0.1) is 0 Å². The van der Waals surface area contributed by atoms with E-state index in [0.717, 1.165) is 5.56 Å². The van der Waals surface area contributed by atoms with Crippen molar-refractivity contribution in [3.63, 3.8) is 0 Å². The molecule has 0 unspecified atom stereocenters. The Hall–Kier alpha value is -4.73. The lowest BCUT2D eigenvalue weighted by Crippen LogP contribution is -2.35. The second kappa shape index (κ2) is 12.0.